The minimum atomic E-state index is -1.04. The zero-order valence-corrected chi connectivity index (χ0v) is 21.7. The van der Waals surface area contributed by atoms with Gasteiger partial charge in [0.15, 0.2) is 5.75 Å². The molecule has 1 aliphatic rings. The Balaban J connectivity index is 1.83. The summed E-state index contributed by atoms with van der Waals surface area (Å²) in [5.74, 6) is -2.71. The predicted octanol–water partition coefficient (Wildman–Crippen LogP) is 6.23. The number of hydrogen-bond donors (Lipinski definition) is 1. The highest BCUT2D eigenvalue weighted by molar-refractivity contribution is 6.40. The molecule has 1 heterocycles. The van der Waals surface area contributed by atoms with E-state index in [9.17, 15) is 34.6 Å². The van der Waals surface area contributed by atoms with Gasteiger partial charge in [0.1, 0.15) is 5.57 Å². The molecule has 1 aliphatic heterocycles. The van der Waals surface area contributed by atoms with Crippen LogP contribution in [0.3, 0.4) is 0 Å². The molecule has 0 bridgehead atoms. The van der Waals surface area contributed by atoms with Gasteiger partial charge in [-0.15, -0.1) is 0 Å². The number of hydrogen-bond acceptors (Lipinski definition) is 8. The van der Waals surface area contributed by atoms with Gasteiger partial charge in [-0.3, -0.25) is 35.1 Å². The van der Waals surface area contributed by atoms with Crippen LogP contribution >= 0.6 is 34.8 Å². The Bertz CT molecular complexity index is 1640. The second kappa shape index (κ2) is 10.7. The van der Waals surface area contributed by atoms with E-state index in [2.05, 4.69) is 5.32 Å². The molecule has 3 aromatic rings. The molecule has 0 aliphatic carbocycles. The molecule has 0 spiro atoms. The Hall–Kier alpha value is -4.52. The fraction of sp³-hybridized carbons (Fsp3) is 0.0417. The Morgan fingerprint density at radius 2 is 1.67 bits per heavy atom. The number of halogens is 3. The van der Waals surface area contributed by atoms with E-state index in [1.165, 1.54) is 24.3 Å². The highest BCUT2D eigenvalue weighted by atomic mass is 35.5. The maximum Gasteiger partial charge on any atom is 0.335 e. The van der Waals surface area contributed by atoms with Crippen LogP contribution < -0.4 is 15.0 Å². The Labute approximate surface area is 233 Å². The molecule has 0 atom stereocenters. The maximum atomic E-state index is 13.4. The zero-order chi connectivity index (χ0) is 28.6. The monoisotopic (exact) mass is 590 g/mol. The lowest BCUT2D eigenvalue weighted by atomic mass is 10.0. The van der Waals surface area contributed by atoms with Gasteiger partial charge in [-0.1, -0.05) is 40.9 Å². The molecule has 3 aromatic carbocycles. The van der Waals surface area contributed by atoms with Crippen molar-refractivity contribution >= 4 is 75.8 Å². The van der Waals surface area contributed by atoms with Gasteiger partial charge in [0, 0.05) is 21.7 Å². The van der Waals surface area contributed by atoms with E-state index in [1.807, 2.05) is 0 Å². The van der Waals surface area contributed by atoms with Gasteiger partial charge in [0.05, 0.1) is 26.6 Å². The minimum absolute atomic E-state index is 0.0553. The molecule has 0 radical (unpaired) electrons. The highest BCUT2D eigenvalue weighted by Gasteiger charge is 2.38. The first-order chi connectivity index (χ1) is 18.4. The van der Waals surface area contributed by atoms with Crippen molar-refractivity contribution in [1.82, 2.24) is 5.32 Å². The number of imide groups is 2. The molecule has 1 saturated heterocycles. The number of urea groups is 1. The summed E-state index contributed by atoms with van der Waals surface area (Å²) in [5.41, 5.74) is -1.34. The number of amides is 4. The second-order valence-corrected chi connectivity index (χ2v) is 9.17. The lowest BCUT2D eigenvalue weighted by Crippen LogP contribution is -2.54. The summed E-state index contributed by atoms with van der Waals surface area (Å²) < 4.78 is 5.66. The molecule has 0 unspecified atom stereocenters. The normalized spacial score (nSPS) is 14.4. The van der Waals surface area contributed by atoms with Crippen molar-refractivity contribution in [3.05, 3.63) is 101 Å². The minimum Gasteiger partial charge on any atom is -0.448 e. The number of anilines is 1. The average molecular weight is 592 g/mol. The number of rotatable bonds is 6. The molecule has 198 valence electrons. The first kappa shape index (κ1) is 27.5. The number of barbiturate groups is 1. The number of non-ortho nitro benzene ring substituents is 1. The molecule has 1 N–H and O–H groups in total. The molecule has 0 saturated carbocycles. The number of nitro benzene ring substituents is 2. The third-order valence-electron chi connectivity index (χ3n) is 5.48. The quantitative estimate of drug-likeness (QED) is 0.153. The number of benzene rings is 3. The largest absolute Gasteiger partial charge is 0.448 e. The number of nitro groups is 2. The van der Waals surface area contributed by atoms with E-state index in [0.29, 0.717) is 11.6 Å². The number of nitrogens with one attached hydrogen (secondary N) is 1. The number of carbonyl (C=O) groups is 3. The molecule has 1 fully saturated rings. The van der Waals surface area contributed by atoms with Crippen LogP contribution in [0.4, 0.5) is 21.9 Å². The molecule has 39 heavy (non-hydrogen) atoms. The van der Waals surface area contributed by atoms with Crippen molar-refractivity contribution < 1.29 is 29.0 Å². The zero-order valence-electron chi connectivity index (χ0n) is 19.4. The van der Waals surface area contributed by atoms with Crippen LogP contribution in [0.2, 0.25) is 15.1 Å². The van der Waals surface area contributed by atoms with Crippen molar-refractivity contribution in [2.75, 3.05) is 4.90 Å². The van der Waals surface area contributed by atoms with Crippen LogP contribution in [-0.2, 0) is 9.59 Å². The molecular formula is C24H13Cl3N4O8. The fourth-order valence-electron chi connectivity index (χ4n) is 3.62. The second-order valence-electron chi connectivity index (χ2n) is 7.92. The first-order valence-corrected chi connectivity index (χ1v) is 11.8. The molecule has 0 aromatic heterocycles. The number of carbonyl (C=O) groups excluding carboxylic acids is 3. The first-order valence-electron chi connectivity index (χ1n) is 10.6. The van der Waals surface area contributed by atoms with Gasteiger partial charge in [-0.05, 0) is 48.9 Å². The van der Waals surface area contributed by atoms with Crippen molar-refractivity contribution in [3.8, 4) is 11.5 Å². The lowest BCUT2D eigenvalue weighted by molar-refractivity contribution is -0.394. The topological polar surface area (TPSA) is 162 Å². The van der Waals surface area contributed by atoms with Crippen LogP contribution in [0, 0.1) is 27.2 Å². The standard InChI is InChI=1S/C24H13Cl3N4O8/c1-11-16(26)3-2-4-18(11)29-23(33)15(22(32)28-24(29)34)8-12-7-13(25)9-17(27)21(12)39-20-6-5-14(30(35)36)10-19(20)31(37)38/h2-10H,1H3,(H,28,32,34)/b15-8+. The maximum absolute atomic E-state index is 13.4. The van der Waals surface area contributed by atoms with Crippen molar-refractivity contribution in [2.24, 2.45) is 0 Å². The number of ether oxygens (including phenoxy) is 1. The van der Waals surface area contributed by atoms with Crippen LogP contribution in [0.5, 0.6) is 11.5 Å². The van der Waals surface area contributed by atoms with Crippen LogP contribution in [-0.4, -0.2) is 27.7 Å². The molecular weight excluding hydrogens is 579 g/mol. The summed E-state index contributed by atoms with van der Waals surface area (Å²) in [6, 6.07) is 8.73. The van der Waals surface area contributed by atoms with E-state index in [4.69, 9.17) is 39.5 Å². The van der Waals surface area contributed by atoms with Gasteiger partial charge >= 0.3 is 11.7 Å². The molecule has 4 amide bonds. The lowest BCUT2D eigenvalue weighted by Gasteiger charge is -2.28. The smallest absolute Gasteiger partial charge is 0.335 e. The van der Waals surface area contributed by atoms with Crippen molar-refractivity contribution in [3.63, 3.8) is 0 Å². The van der Waals surface area contributed by atoms with Crippen LogP contribution in [0.15, 0.2) is 54.1 Å². The average Bonchev–Trinajstić information content (AvgIpc) is 2.86. The van der Waals surface area contributed by atoms with E-state index in [0.717, 1.165) is 23.1 Å². The summed E-state index contributed by atoms with van der Waals surface area (Å²) in [6.45, 7) is 1.58. The highest BCUT2D eigenvalue weighted by Crippen LogP contribution is 2.41. The summed E-state index contributed by atoms with van der Waals surface area (Å²) >= 11 is 18.6. The molecule has 15 heteroatoms. The third kappa shape index (κ3) is 5.39. The third-order valence-corrected chi connectivity index (χ3v) is 6.39. The van der Waals surface area contributed by atoms with Crippen molar-refractivity contribution in [2.45, 2.75) is 6.92 Å². The fourth-order valence-corrected chi connectivity index (χ4v) is 4.34. The predicted molar refractivity (Wildman–Crippen MR) is 141 cm³/mol. The van der Waals surface area contributed by atoms with E-state index >= 15 is 0 Å². The Morgan fingerprint density at radius 1 is 0.949 bits per heavy atom. The van der Waals surface area contributed by atoms with Crippen LogP contribution in [0.25, 0.3) is 6.08 Å². The van der Waals surface area contributed by atoms with Gasteiger partial charge in [0.2, 0.25) is 5.75 Å². The van der Waals surface area contributed by atoms with E-state index < -0.39 is 50.4 Å². The van der Waals surface area contributed by atoms with Gasteiger partial charge in [0.25, 0.3) is 17.5 Å². The van der Waals surface area contributed by atoms with Crippen LogP contribution in [0.1, 0.15) is 11.1 Å². The Morgan fingerprint density at radius 3 is 2.33 bits per heavy atom. The van der Waals surface area contributed by atoms with Gasteiger partial charge < -0.3 is 4.74 Å². The number of nitrogens with zero attached hydrogens (tertiary/aromatic N) is 3. The SMILES string of the molecule is Cc1c(Cl)cccc1N1C(=O)NC(=O)/C(=C\c2cc(Cl)cc(Cl)c2Oc2ccc([N+](=O)[O-])cc2[N+](=O)[O-])C1=O. The summed E-state index contributed by atoms with van der Waals surface area (Å²) in [7, 11) is 0. The van der Waals surface area contributed by atoms with E-state index in [1.54, 1.807) is 13.0 Å². The summed E-state index contributed by atoms with van der Waals surface area (Å²) in [5, 5.41) is 24.9. The molecule has 4 rings (SSSR count). The van der Waals surface area contributed by atoms with Gasteiger partial charge in [-0.25, -0.2) is 9.69 Å². The van der Waals surface area contributed by atoms with Crippen molar-refractivity contribution in [1.29, 1.82) is 0 Å². The summed E-state index contributed by atoms with van der Waals surface area (Å²) in [6.07, 6.45) is 1.04. The molecule has 12 nitrogen and oxygen atoms in total. The van der Waals surface area contributed by atoms with E-state index in [-0.39, 0.29) is 32.1 Å². The Kier molecular flexibility index (Phi) is 7.54. The van der Waals surface area contributed by atoms with Gasteiger partial charge in [-0.2, -0.15) is 0 Å². The summed E-state index contributed by atoms with van der Waals surface area (Å²) in [4.78, 5) is 60.3.